The molecule has 5 aromatic rings. The average Bonchev–Trinajstić information content (AvgIpc) is 3.83. The number of oxazole rings is 2. The number of rotatable bonds is 4. The number of aromatic nitrogens is 2. The van der Waals surface area contributed by atoms with Gasteiger partial charge in [-0.1, -0.05) is 54.6 Å². The van der Waals surface area contributed by atoms with Crippen molar-refractivity contribution in [2.45, 2.75) is 38.9 Å². The normalized spacial score (nSPS) is 16.3. The molecule has 1 saturated heterocycles. The van der Waals surface area contributed by atoms with Gasteiger partial charge in [0.05, 0.1) is 30.1 Å². The van der Waals surface area contributed by atoms with Crippen LogP contribution in [0.25, 0.3) is 22.9 Å². The Morgan fingerprint density at radius 1 is 0.651 bits per heavy atom. The number of ether oxygens (including phenoxy) is 1. The highest BCUT2D eigenvalue weighted by Crippen LogP contribution is 2.36. The van der Waals surface area contributed by atoms with Gasteiger partial charge in [0.2, 0.25) is 17.7 Å². The summed E-state index contributed by atoms with van der Waals surface area (Å²) in [7, 11) is -0.509. The number of benzene rings is 3. The molecule has 3 aromatic carbocycles. The molecule has 220 valence electrons. The number of nitrogens with zero attached hydrogens (tertiary/aromatic N) is 3. The monoisotopic (exact) mass is 641 g/mol. The van der Waals surface area contributed by atoms with E-state index in [9.17, 15) is 0 Å². The van der Waals surface area contributed by atoms with Crippen LogP contribution in [0.15, 0.2) is 122 Å². The van der Waals surface area contributed by atoms with Crippen molar-refractivity contribution < 1.29 is 22.9 Å². The van der Waals surface area contributed by atoms with Crippen molar-refractivity contribution in [1.29, 1.82) is 0 Å². The van der Waals surface area contributed by atoms with Crippen LogP contribution >= 0.6 is 15.9 Å². The summed E-state index contributed by atoms with van der Waals surface area (Å²) in [6.45, 7) is 9.58. The SMILES string of the molecule is Brc1cnc(-c2ccccc2)o1.CC1(C)OB(c2cnc(-c3ccccc3)o2)OC1(C)C.c1ccc(C2=NCCO2)cc1. The van der Waals surface area contributed by atoms with E-state index in [1.807, 2.05) is 119 Å². The van der Waals surface area contributed by atoms with E-state index in [1.165, 1.54) is 0 Å². The Bertz CT molecular complexity index is 1610. The fourth-order valence-electron chi connectivity index (χ4n) is 4.13. The van der Waals surface area contributed by atoms with Gasteiger partial charge in [0.25, 0.3) is 0 Å². The van der Waals surface area contributed by atoms with Crippen molar-refractivity contribution in [2.75, 3.05) is 13.2 Å². The molecular weight excluding hydrogens is 609 g/mol. The van der Waals surface area contributed by atoms with E-state index in [4.69, 9.17) is 22.9 Å². The molecule has 0 amide bonds. The minimum absolute atomic E-state index is 0.378. The first kappa shape index (κ1) is 30.5. The lowest BCUT2D eigenvalue weighted by molar-refractivity contribution is 0.00578. The summed E-state index contributed by atoms with van der Waals surface area (Å²) >= 11 is 3.20. The Kier molecular flexibility index (Phi) is 9.60. The van der Waals surface area contributed by atoms with Crippen LogP contribution in [-0.2, 0) is 14.0 Å². The van der Waals surface area contributed by atoms with Crippen LogP contribution in [0.1, 0.15) is 33.3 Å². The molecule has 8 nitrogen and oxygen atoms in total. The molecule has 4 heterocycles. The zero-order valence-electron chi connectivity index (χ0n) is 24.6. The molecule has 2 aliphatic heterocycles. The summed E-state index contributed by atoms with van der Waals surface area (Å²) in [5, 5.41) is 0. The van der Waals surface area contributed by atoms with Gasteiger partial charge in [-0.2, -0.15) is 0 Å². The van der Waals surface area contributed by atoms with Crippen LogP contribution in [0, 0.1) is 0 Å². The summed E-state index contributed by atoms with van der Waals surface area (Å²) in [6.07, 6.45) is 3.31. The zero-order valence-corrected chi connectivity index (χ0v) is 26.2. The van der Waals surface area contributed by atoms with Crippen LogP contribution in [-0.4, -0.2) is 47.3 Å². The van der Waals surface area contributed by atoms with Gasteiger partial charge in [-0.3, -0.25) is 0 Å². The van der Waals surface area contributed by atoms with E-state index in [0.29, 0.717) is 22.1 Å². The maximum atomic E-state index is 5.94. The van der Waals surface area contributed by atoms with E-state index < -0.39 is 7.12 Å². The van der Waals surface area contributed by atoms with Crippen molar-refractivity contribution in [1.82, 2.24) is 9.97 Å². The fraction of sp³-hybridized carbons (Fsp3) is 0.242. The Balaban J connectivity index is 0.000000137. The average molecular weight is 642 g/mol. The molecule has 0 radical (unpaired) electrons. The molecule has 0 atom stereocenters. The predicted octanol–water partition coefficient (Wildman–Crippen LogP) is 7.21. The summed E-state index contributed by atoms with van der Waals surface area (Å²) in [6, 6.07) is 29.5. The second kappa shape index (κ2) is 13.5. The van der Waals surface area contributed by atoms with Crippen LogP contribution in [0.3, 0.4) is 0 Å². The third-order valence-corrected chi connectivity index (χ3v) is 7.50. The molecular formula is C33H33BBrN3O5. The molecule has 0 aliphatic carbocycles. The molecule has 7 rings (SSSR count). The van der Waals surface area contributed by atoms with Crippen molar-refractivity contribution in [3.05, 3.63) is 114 Å². The van der Waals surface area contributed by atoms with Crippen molar-refractivity contribution in [3.63, 3.8) is 0 Å². The molecule has 2 aromatic heterocycles. The lowest BCUT2D eigenvalue weighted by Gasteiger charge is -2.32. The van der Waals surface area contributed by atoms with Crippen molar-refractivity contribution >= 4 is 34.6 Å². The second-order valence-electron chi connectivity index (χ2n) is 10.8. The third-order valence-electron chi connectivity index (χ3n) is 7.13. The Hall–Kier alpha value is -3.99. The standard InChI is InChI=1S/C15H18BNO3.C9H6BrNO.C9H9NO/c1-14(2)15(3,4)20-16(19-14)12-10-17-13(18-12)11-8-6-5-7-9-11;10-8-6-11-9(12-8)7-4-2-1-3-5-7;1-2-4-8(5-3-1)9-10-6-7-11-9/h5-10H,1-4H3;1-6H;1-5H,6-7H2. The maximum Gasteiger partial charge on any atom is 0.534 e. The molecule has 0 bridgehead atoms. The van der Waals surface area contributed by atoms with Crippen LogP contribution < -0.4 is 5.66 Å². The van der Waals surface area contributed by atoms with Gasteiger partial charge < -0.3 is 22.9 Å². The smallest absolute Gasteiger partial charge is 0.476 e. The van der Waals surface area contributed by atoms with E-state index in [0.717, 1.165) is 35.7 Å². The highest BCUT2D eigenvalue weighted by Gasteiger charge is 2.53. The number of hydrogen-bond acceptors (Lipinski definition) is 8. The molecule has 43 heavy (non-hydrogen) atoms. The largest absolute Gasteiger partial charge is 0.534 e. The Labute approximate surface area is 260 Å². The lowest BCUT2D eigenvalue weighted by atomic mass is 9.87. The maximum absolute atomic E-state index is 5.94. The molecule has 2 aliphatic rings. The molecule has 0 spiro atoms. The first-order valence-electron chi connectivity index (χ1n) is 14.0. The van der Waals surface area contributed by atoms with Crippen LogP contribution in [0.5, 0.6) is 0 Å². The van der Waals surface area contributed by atoms with Gasteiger partial charge in [-0.05, 0) is 80.0 Å². The Morgan fingerprint density at radius 2 is 1.14 bits per heavy atom. The molecule has 0 N–H and O–H groups in total. The summed E-state index contributed by atoms with van der Waals surface area (Å²) in [4.78, 5) is 12.6. The van der Waals surface area contributed by atoms with Gasteiger partial charge >= 0.3 is 7.12 Å². The highest BCUT2D eigenvalue weighted by atomic mass is 79.9. The number of halogens is 1. The van der Waals surface area contributed by atoms with Gasteiger partial charge in [0.1, 0.15) is 6.61 Å². The van der Waals surface area contributed by atoms with E-state index in [-0.39, 0.29) is 11.2 Å². The van der Waals surface area contributed by atoms with E-state index in [2.05, 4.69) is 30.9 Å². The number of aliphatic imine (C=N–C) groups is 1. The van der Waals surface area contributed by atoms with E-state index >= 15 is 0 Å². The molecule has 1 fully saturated rings. The summed E-state index contributed by atoms with van der Waals surface area (Å²) in [5.74, 6) is 2.00. The number of hydrogen-bond donors (Lipinski definition) is 0. The summed E-state index contributed by atoms with van der Waals surface area (Å²) < 4.78 is 28.9. The fourth-order valence-corrected chi connectivity index (χ4v) is 4.38. The Morgan fingerprint density at radius 3 is 1.60 bits per heavy atom. The van der Waals surface area contributed by atoms with Gasteiger partial charge in [-0.25, -0.2) is 15.0 Å². The summed E-state index contributed by atoms with van der Waals surface area (Å²) in [5.41, 5.74) is 2.85. The van der Waals surface area contributed by atoms with Crippen molar-refractivity contribution in [2.24, 2.45) is 4.99 Å². The van der Waals surface area contributed by atoms with Gasteiger partial charge in [0, 0.05) is 16.7 Å². The van der Waals surface area contributed by atoms with Gasteiger partial charge in [-0.15, -0.1) is 0 Å². The minimum atomic E-state index is -0.509. The first-order valence-corrected chi connectivity index (χ1v) is 14.8. The molecule has 10 heteroatoms. The first-order chi connectivity index (χ1) is 20.7. The molecule has 0 unspecified atom stereocenters. The lowest BCUT2D eigenvalue weighted by Crippen LogP contribution is -2.41. The van der Waals surface area contributed by atoms with Gasteiger partial charge in [0.15, 0.2) is 10.3 Å². The van der Waals surface area contributed by atoms with E-state index in [1.54, 1.807) is 12.4 Å². The quantitative estimate of drug-likeness (QED) is 0.192. The second-order valence-corrected chi connectivity index (χ2v) is 11.5. The molecule has 0 saturated carbocycles. The van der Waals surface area contributed by atoms with Crippen LogP contribution in [0.2, 0.25) is 0 Å². The predicted molar refractivity (Wildman–Crippen MR) is 171 cm³/mol. The zero-order chi connectivity index (χ0) is 30.3. The third kappa shape index (κ3) is 7.70. The van der Waals surface area contributed by atoms with Crippen molar-refractivity contribution in [3.8, 4) is 22.9 Å². The topological polar surface area (TPSA) is 92.1 Å². The van der Waals surface area contributed by atoms with Crippen LogP contribution in [0.4, 0.5) is 0 Å². The highest BCUT2D eigenvalue weighted by molar-refractivity contribution is 9.10. The minimum Gasteiger partial charge on any atom is -0.476 e.